The van der Waals surface area contributed by atoms with Crippen LogP contribution in [0.3, 0.4) is 0 Å². The van der Waals surface area contributed by atoms with Gasteiger partial charge in [0.05, 0.1) is 6.04 Å². The summed E-state index contributed by atoms with van der Waals surface area (Å²) >= 11 is 0. The number of hydrogen-bond donors (Lipinski definition) is 5. The number of carbonyl (C=O) groups is 5. The number of rotatable bonds is 11. The molecule has 4 amide bonds. The minimum absolute atomic E-state index is 0.00249. The first-order valence-corrected chi connectivity index (χ1v) is 11.3. The molecule has 0 spiro atoms. The quantitative estimate of drug-likeness (QED) is 0.270. The molecule has 11 heteroatoms. The normalized spacial score (nSPS) is 23.2. The van der Waals surface area contributed by atoms with E-state index < -0.39 is 47.9 Å². The summed E-state index contributed by atoms with van der Waals surface area (Å²) in [7, 11) is 0. The summed E-state index contributed by atoms with van der Waals surface area (Å²) in [6.07, 6.45) is 2.92. The number of nitrogens with two attached hydrogens (primary N) is 1. The Bertz CT molecular complexity index is 723. The van der Waals surface area contributed by atoms with E-state index in [4.69, 9.17) is 5.73 Å². The van der Waals surface area contributed by atoms with Crippen LogP contribution in [0.25, 0.3) is 0 Å². The lowest BCUT2D eigenvalue weighted by Crippen LogP contribution is -2.58. The maximum absolute atomic E-state index is 13.2. The van der Waals surface area contributed by atoms with Gasteiger partial charge >= 0.3 is 5.97 Å². The monoisotopic (exact) mass is 453 g/mol. The first-order chi connectivity index (χ1) is 15.1. The lowest BCUT2D eigenvalue weighted by Gasteiger charge is -2.31. The van der Waals surface area contributed by atoms with Crippen molar-refractivity contribution in [3.63, 3.8) is 0 Å². The van der Waals surface area contributed by atoms with Crippen LogP contribution in [0, 0.1) is 5.92 Å². The Balaban J connectivity index is 2.15. The molecular formula is C21H35N5O6. The van der Waals surface area contributed by atoms with Gasteiger partial charge < -0.3 is 31.7 Å². The van der Waals surface area contributed by atoms with Gasteiger partial charge in [0, 0.05) is 13.0 Å². The van der Waals surface area contributed by atoms with Gasteiger partial charge in [-0.3, -0.25) is 19.2 Å². The van der Waals surface area contributed by atoms with Crippen molar-refractivity contribution in [2.75, 3.05) is 13.1 Å². The molecule has 6 N–H and O–H groups in total. The van der Waals surface area contributed by atoms with Gasteiger partial charge in [-0.15, -0.1) is 0 Å². The Hall–Kier alpha value is -2.69. The first-order valence-electron chi connectivity index (χ1n) is 11.3. The highest BCUT2D eigenvalue weighted by Crippen LogP contribution is 2.21. The van der Waals surface area contributed by atoms with E-state index in [0.717, 1.165) is 6.42 Å². The Morgan fingerprint density at radius 3 is 2.44 bits per heavy atom. The minimum atomic E-state index is -1.07. The molecule has 0 aromatic heterocycles. The van der Waals surface area contributed by atoms with Crippen molar-refractivity contribution in [2.24, 2.45) is 11.7 Å². The van der Waals surface area contributed by atoms with E-state index in [9.17, 15) is 29.1 Å². The fraction of sp³-hybridized carbons (Fsp3) is 0.762. The topological polar surface area (TPSA) is 171 Å². The highest BCUT2D eigenvalue weighted by molar-refractivity contribution is 5.94. The van der Waals surface area contributed by atoms with Gasteiger partial charge in [-0.1, -0.05) is 20.3 Å². The Labute approximate surface area is 187 Å². The Morgan fingerprint density at radius 1 is 1.16 bits per heavy atom. The number of nitrogens with zero attached hydrogens (tertiary/aromatic N) is 1. The molecule has 2 aliphatic rings. The molecule has 2 fully saturated rings. The minimum Gasteiger partial charge on any atom is -0.480 e. The van der Waals surface area contributed by atoms with Gasteiger partial charge in [-0.05, 0) is 44.6 Å². The number of primary amides is 1. The summed E-state index contributed by atoms with van der Waals surface area (Å²) in [6, 6.07) is -3.30. The fourth-order valence-electron chi connectivity index (χ4n) is 4.14. The van der Waals surface area contributed by atoms with E-state index >= 15 is 0 Å². The van der Waals surface area contributed by atoms with Crippen LogP contribution < -0.4 is 21.7 Å². The predicted molar refractivity (Wildman–Crippen MR) is 115 cm³/mol. The van der Waals surface area contributed by atoms with Crippen molar-refractivity contribution in [1.82, 2.24) is 20.9 Å². The number of hydrogen-bond acceptors (Lipinski definition) is 6. The van der Waals surface area contributed by atoms with E-state index in [0.29, 0.717) is 38.8 Å². The smallest absolute Gasteiger partial charge is 0.326 e. The summed E-state index contributed by atoms with van der Waals surface area (Å²) in [5.41, 5.74) is 5.23. The number of amides is 4. The van der Waals surface area contributed by atoms with Gasteiger partial charge in [0.15, 0.2) is 0 Å². The zero-order chi connectivity index (χ0) is 23.8. The van der Waals surface area contributed by atoms with Gasteiger partial charge in [0.2, 0.25) is 23.6 Å². The summed E-state index contributed by atoms with van der Waals surface area (Å²) in [5, 5.41) is 17.9. The molecule has 32 heavy (non-hydrogen) atoms. The van der Waals surface area contributed by atoms with Crippen LogP contribution in [0.1, 0.15) is 58.8 Å². The molecule has 0 aromatic carbocycles. The van der Waals surface area contributed by atoms with Crippen LogP contribution in [0.15, 0.2) is 0 Å². The van der Waals surface area contributed by atoms with Gasteiger partial charge in [0.25, 0.3) is 0 Å². The molecule has 11 nitrogen and oxygen atoms in total. The largest absolute Gasteiger partial charge is 0.480 e. The van der Waals surface area contributed by atoms with Crippen LogP contribution >= 0.6 is 0 Å². The van der Waals surface area contributed by atoms with Gasteiger partial charge in [0.1, 0.15) is 18.1 Å². The molecule has 2 rings (SSSR count). The van der Waals surface area contributed by atoms with Crippen molar-refractivity contribution in [2.45, 2.75) is 83.0 Å². The molecule has 0 aliphatic carbocycles. The average Bonchev–Trinajstić information content (AvgIpc) is 3.45. The molecule has 180 valence electrons. The number of carboxylic acid groups (broad SMARTS) is 1. The maximum atomic E-state index is 13.2. The molecule has 2 saturated heterocycles. The highest BCUT2D eigenvalue weighted by atomic mass is 16.4. The maximum Gasteiger partial charge on any atom is 0.326 e. The van der Waals surface area contributed by atoms with E-state index in [1.54, 1.807) is 6.92 Å². The highest BCUT2D eigenvalue weighted by Gasteiger charge is 2.40. The van der Waals surface area contributed by atoms with Crippen LogP contribution in [-0.4, -0.2) is 76.9 Å². The van der Waals surface area contributed by atoms with Gasteiger partial charge in [-0.2, -0.15) is 0 Å². The van der Waals surface area contributed by atoms with E-state index in [2.05, 4.69) is 16.0 Å². The number of carbonyl (C=O) groups excluding carboxylic acids is 4. The summed E-state index contributed by atoms with van der Waals surface area (Å²) in [4.78, 5) is 62.9. The van der Waals surface area contributed by atoms with Crippen LogP contribution in [-0.2, 0) is 24.0 Å². The summed E-state index contributed by atoms with van der Waals surface area (Å²) in [6.45, 7) is 4.69. The molecule has 2 aliphatic heterocycles. The predicted octanol–water partition coefficient (Wildman–Crippen LogP) is -0.905. The molecule has 0 aromatic rings. The lowest BCUT2D eigenvalue weighted by molar-refractivity contribution is -0.150. The van der Waals surface area contributed by atoms with Crippen LogP contribution in [0.5, 0.6) is 0 Å². The van der Waals surface area contributed by atoms with Crippen LogP contribution in [0.4, 0.5) is 0 Å². The van der Waals surface area contributed by atoms with E-state index in [1.807, 2.05) is 6.92 Å². The number of aliphatic carboxylic acids is 1. The zero-order valence-corrected chi connectivity index (χ0v) is 18.8. The molecule has 2 heterocycles. The molecule has 0 radical (unpaired) electrons. The van der Waals surface area contributed by atoms with Crippen molar-refractivity contribution in [3.05, 3.63) is 0 Å². The third-order valence-electron chi connectivity index (χ3n) is 6.29. The zero-order valence-electron chi connectivity index (χ0n) is 18.8. The number of carboxylic acids is 1. The second kappa shape index (κ2) is 11.8. The van der Waals surface area contributed by atoms with Crippen LogP contribution in [0.2, 0.25) is 0 Å². The second-order valence-corrected chi connectivity index (χ2v) is 8.61. The summed E-state index contributed by atoms with van der Waals surface area (Å²) in [5.74, 6) is -3.32. The molecule has 0 saturated carbocycles. The third kappa shape index (κ3) is 6.65. The first kappa shape index (κ1) is 25.6. The fourth-order valence-corrected chi connectivity index (χ4v) is 4.14. The van der Waals surface area contributed by atoms with E-state index in [1.165, 1.54) is 4.90 Å². The average molecular weight is 454 g/mol. The van der Waals surface area contributed by atoms with E-state index in [-0.39, 0.29) is 24.7 Å². The molecule has 5 atom stereocenters. The Morgan fingerprint density at radius 2 is 1.88 bits per heavy atom. The molecule has 0 bridgehead atoms. The second-order valence-electron chi connectivity index (χ2n) is 8.61. The van der Waals surface area contributed by atoms with Crippen molar-refractivity contribution >= 4 is 29.6 Å². The molecular weight excluding hydrogens is 418 g/mol. The van der Waals surface area contributed by atoms with Crippen molar-refractivity contribution < 1.29 is 29.1 Å². The van der Waals surface area contributed by atoms with Crippen molar-refractivity contribution in [3.8, 4) is 0 Å². The number of nitrogens with one attached hydrogen (secondary N) is 3. The SMILES string of the molecule is CCC(C)C(NC(=O)C(CCC(N)=O)NC(=O)C1CCCN1)C(=O)N1CCCC1C(=O)O. The third-order valence-corrected chi connectivity index (χ3v) is 6.29. The molecule has 5 unspecified atom stereocenters. The lowest BCUT2D eigenvalue weighted by atomic mass is 9.96. The standard InChI is InChI=1S/C21H35N5O6/c1-3-12(2)17(20(30)26-11-5-7-15(26)21(31)32)25-19(29)14(8-9-16(22)27)24-18(28)13-6-4-10-23-13/h12-15,17,23H,3-11H2,1-2H3,(H2,22,27)(H,24,28)(H,25,29)(H,31,32). The summed E-state index contributed by atoms with van der Waals surface area (Å²) < 4.78 is 0. The Kier molecular flexibility index (Phi) is 9.42. The van der Waals surface area contributed by atoms with Crippen molar-refractivity contribution in [1.29, 1.82) is 0 Å². The van der Waals surface area contributed by atoms with Gasteiger partial charge in [-0.25, -0.2) is 4.79 Å². The number of likely N-dealkylation sites (tertiary alicyclic amines) is 1.